The van der Waals surface area contributed by atoms with Crippen molar-refractivity contribution in [3.05, 3.63) is 88.5 Å². The molecule has 2 N–H and O–H groups in total. The molecule has 4 rings (SSSR count). The van der Waals surface area contributed by atoms with Crippen LogP contribution in [0.25, 0.3) is 0 Å². The molecule has 7 nitrogen and oxygen atoms in total. The number of para-hydroxylation sites is 1. The highest BCUT2D eigenvalue weighted by atomic mass is 32.2. The molecule has 8 heteroatoms. The van der Waals surface area contributed by atoms with E-state index in [4.69, 9.17) is 0 Å². The van der Waals surface area contributed by atoms with Crippen molar-refractivity contribution in [1.82, 2.24) is 4.90 Å². The molecule has 0 radical (unpaired) electrons. The average Bonchev–Trinajstić information content (AvgIpc) is 2.86. The molecule has 0 saturated carbocycles. The summed E-state index contributed by atoms with van der Waals surface area (Å²) < 4.78 is 29.0. The molecule has 36 heavy (non-hydrogen) atoms. The molecule has 0 unspecified atom stereocenters. The summed E-state index contributed by atoms with van der Waals surface area (Å²) in [5, 5.41) is 2.81. The number of nitrogens with one attached hydrogen (secondary N) is 2. The standard InChI is InChI=1S/C28H31N3O4S/c1-19-12-14-23(17-21(19)3)30-36(34,35)26-18-22(13-11-20(26)2)27(32)29-25-10-6-5-9-24(25)28(33)31-15-7-4-8-16-31/h5-6,9-14,17-18,30H,4,7-8,15-16H2,1-3H3,(H,29,32). The molecule has 2 amide bonds. The van der Waals surface area contributed by atoms with E-state index in [1.54, 1.807) is 55.5 Å². The van der Waals surface area contributed by atoms with Gasteiger partial charge in [0, 0.05) is 24.3 Å². The highest BCUT2D eigenvalue weighted by Crippen LogP contribution is 2.24. The molecule has 1 aliphatic heterocycles. The summed E-state index contributed by atoms with van der Waals surface area (Å²) in [6, 6.07) is 16.8. The van der Waals surface area contributed by atoms with Gasteiger partial charge in [0.25, 0.3) is 21.8 Å². The number of aryl methyl sites for hydroxylation is 3. The molecule has 188 valence electrons. The number of hydrogen-bond donors (Lipinski definition) is 2. The molecule has 0 aromatic heterocycles. The molecular weight excluding hydrogens is 474 g/mol. The lowest BCUT2D eigenvalue weighted by Crippen LogP contribution is -2.36. The van der Waals surface area contributed by atoms with Crippen molar-refractivity contribution in [2.24, 2.45) is 0 Å². The van der Waals surface area contributed by atoms with Crippen LogP contribution < -0.4 is 10.0 Å². The normalized spacial score (nSPS) is 13.8. The third kappa shape index (κ3) is 5.60. The van der Waals surface area contributed by atoms with Crippen LogP contribution in [-0.4, -0.2) is 38.2 Å². The van der Waals surface area contributed by atoms with Gasteiger partial charge in [-0.15, -0.1) is 0 Å². The van der Waals surface area contributed by atoms with Crippen molar-refractivity contribution in [2.75, 3.05) is 23.1 Å². The van der Waals surface area contributed by atoms with E-state index in [1.165, 1.54) is 6.07 Å². The predicted octanol–water partition coefficient (Wildman–Crippen LogP) is 5.29. The van der Waals surface area contributed by atoms with Crippen LogP contribution >= 0.6 is 0 Å². The quantitative estimate of drug-likeness (QED) is 0.476. The second kappa shape index (κ2) is 10.5. The zero-order valence-electron chi connectivity index (χ0n) is 20.8. The van der Waals surface area contributed by atoms with Gasteiger partial charge in [-0.1, -0.05) is 24.3 Å². The van der Waals surface area contributed by atoms with E-state index in [-0.39, 0.29) is 16.4 Å². The average molecular weight is 506 g/mol. The van der Waals surface area contributed by atoms with Crippen LogP contribution in [0.15, 0.2) is 65.6 Å². The third-order valence-corrected chi connectivity index (χ3v) is 8.07. The van der Waals surface area contributed by atoms with Gasteiger partial charge in [-0.3, -0.25) is 14.3 Å². The van der Waals surface area contributed by atoms with Crippen LogP contribution in [0.2, 0.25) is 0 Å². The Balaban J connectivity index is 1.58. The van der Waals surface area contributed by atoms with Crippen LogP contribution in [0, 0.1) is 20.8 Å². The van der Waals surface area contributed by atoms with Gasteiger partial charge < -0.3 is 10.2 Å². The predicted molar refractivity (Wildman–Crippen MR) is 142 cm³/mol. The third-order valence-electron chi connectivity index (χ3n) is 6.55. The van der Waals surface area contributed by atoms with Gasteiger partial charge in [-0.05, 0) is 93.1 Å². The minimum Gasteiger partial charge on any atom is -0.339 e. The number of carbonyl (C=O) groups is 2. The number of carbonyl (C=O) groups excluding carboxylic acids is 2. The number of likely N-dealkylation sites (tertiary alicyclic amines) is 1. The largest absolute Gasteiger partial charge is 0.339 e. The summed E-state index contributed by atoms with van der Waals surface area (Å²) in [6.07, 6.45) is 3.05. The van der Waals surface area contributed by atoms with Crippen molar-refractivity contribution < 1.29 is 18.0 Å². The first-order valence-corrected chi connectivity index (χ1v) is 13.5. The lowest BCUT2D eigenvalue weighted by molar-refractivity contribution is 0.0725. The number of nitrogens with zero attached hydrogens (tertiary/aromatic N) is 1. The fourth-order valence-corrected chi connectivity index (χ4v) is 5.61. The monoisotopic (exact) mass is 505 g/mol. The fourth-order valence-electron chi connectivity index (χ4n) is 4.29. The van der Waals surface area contributed by atoms with E-state index < -0.39 is 15.9 Å². The van der Waals surface area contributed by atoms with E-state index >= 15 is 0 Å². The first-order valence-electron chi connectivity index (χ1n) is 12.1. The van der Waals surface area contributed by atoms with Gasteiger partial charge in [0.05, 0.1) is 16.1 Å². The lowest BCUT2D eigenvalue weighted by Gasteiger charge is -2.27. The summed E-state index contributed by atoms with van der Waals surface area (Å²) >= 11 is 0. The Hall–Kier alpha value is -3.65. The van der Waals surface area contributed by atoms with Gasteiger partial charge in [0.2, 0.25) is 0 Å². The summed E-state index contributed by atoms with van der Waals surface area (Å²) in [5.41, 5.74) is 4.01. The zero-order valence-corrected chi connectivity index (χ0v) is 21.6. The van der Waals surface area contributed by atoms with Gasteiger partial charge in [-0.2, -0.15) is 0 Å². The number of hydrogen-bond acceptors (Lipinski definition) is 4. The van der Waals surface area contributed by atoms with Gasteiger partial charge in [0.15, 0.2) is 0 Å². The second-order valence-electron chi connectivity index (χ2n) is 9.24. The fraction of sp³-hybridized carbons (Fsp3) is 0.286. The maximum Gasteiger partial charge on any atom is 0.262 e. The minimum absolute atomic E-state index is 0.0195. The Morgan fingerprint density at radius 1 is 0.806 bits per heavy atom. The molecule has 1 saturated heterocycles. The van der Waals surface area contributed by atoms with E-state index in [0.29, 0.717) is 35.6 Å². The lowest BCUT2D eigenvalue weighted by atomic mass is 10.1. The molecule has 1 heterocycles. The van der Waals surface area contributed by atoms with Crippen molar-refractivity contribution >= 4 is 33.2 Å². The molecule has 3 aromatic rings. The maximum absolute atomic E-state index is 13.2. The topological polar surface area (TPSA) is 95.6 Å². The van der Waals surface area contributed by atoms with E-state index in [1.807, 2.05) is 24.8 Å². The van der Waals surface area contributed by atoms with Crippen molar-refractivity contribution in [3.63, 3.8) is 0 Å². The van der Waals surface area contributed by atoms with Crippen LogP contribution in [-0.2, 0) is 10.0 Å². The van der Waals surface area contributed by atoms with E-state index in [2.05, 4.69) is 10.0 Å². The molecule has 0 spiro atoms. The molecule has 0 bridgehead atoms. The second-order valence-corrected chi connectivity index (χ2v) is 10.9. The van der Waals surface area contributed by atoms with E-state index in [0.717, 1.165) is 30.4 Å². The Labute approximate surface area is 212 Å². The van der Waals surface area contributed by atoms with Crippen LogP contribution in [0.1, 0.15) is 56.7 Å². The summed E-state index contributed by atoms with van der Waals surface area (Å²) in [7, 11) is -3.93. The Morgan fingerprint density at radius 2 is 1.50 bits per heavy atom. The van der Waals surface area contributed by atoms with Crippen molar-refractivity contribution in [1.29, 1.82) is 0 Å². The van der Waals surface area contributed by atoms with Gasteiger partial charge >= 0.3 is 0 Å². The smallest absolute Gasteiger partial charge is 0.262 e. The minimum atomic E-state index is -3.93. The number of benzene rings is 3. The highest BCUT2D eigenvalue weighted by Gasteiger charge is 2.23. The SMILES string of the molecule is Cc1ccc(NS(=O)(=O)c2cc(C(=O)Nc3ccccc3C(=O)N3CCCCC3)ccc2C)cc1C. The van der Waals surface area contributed by atoms with Gasteiger partial charge in [0.1, 0.15) is 0 Å². The molecule has 1 aliphatic rings. The summed E-state index contributed by atoms with van der Waals surface area (Å²) in [5.74, 6) is -0.605. The number of rotatable bonds is 6. The Kier molecular flexibility index (Phi) is 7.45. The van der Waals surface area contributed by atoms with Crippen molar-refractivity contribution in [3.8, 4) is 0 Å². The zero-order chi connectivity index (χ0) is 25.9. The number of amides is 2. The Bertz CT molecular complexity index is 1410. The van der Waals surface area contributed by atoms with Gasteiger partial charge in [-0.25, -0.2) is 8.42 Å². The number of piperidine rings is 1. The number of anilines is 2. The van der Waals surface area contributed by atoms with Crippen LogP contribution in [0.3, 0.4) is 0 Å². The first kappa shape index (κ1) is 25.4. The van der Waals surface area contributed by atoms with Crippen LogP contribution in [0.5, 0.6) is 0 Å². The summed E-state index contributed by atoms with van der Waals surface area (Å²) in [6.45, 7) is 6.96. The van der Waals surface area contributed by atoms with E-state index in [9.17, 15) is 18.0 Å². The Morgan fingerprint density at radius 3 is 2.22 bits per heavy atom. The molecule has 0 aliphatic carbocycles. The first-order chi connectivity index (χ1) is 17.2. The molecule has 1 fully saturated rings. The maximum atomic E-state index is 13.2. The highest BCUT2D eigenvalue weighted by molar-refractivity contribution is 7.92. The molecular formula is C28H31N3O4S. The van der Waals surface area contributed by atoms with Crippen LogP contribution in [0.4, 0.5) is 11.4 Å². The molecule has 3 aromatic carbocycles. The number of sulfonamides is 1. The summed E-state index contributed by atoms with van der Waals surface area (Å²) in [4.78, 5) is 28.0. The van der Waals surface area contributed by atoms with Crippen molar-refractivity contribution in [2.45, 2.75) is 44.9 Å². The molecule has 0 atom stereocenters.